The molecule has 3 rings (SSSR count). The number of hydrogen-bond donors (Lipinski definition) is 0. The van der Waals surface area contributed by atoms with Crippen molar-refractivity contribution in [2.24, 2.45) is 0 Å². The smallest absolute Gasteiger partial charge is 0.242 e. The third kappa shape index (κ3) is 2.10. The lowest BCUT2D eigenvalue weighted by Gasteiger charge is -2.23. The number of thiocyanates is 1. The molecule has 0 N–H and O–H groups in total. The number of carbonyl (C=O) groups excluding carboxylic acids is 1. The summed E-state index contributed by atoms with van der Waals surface area (Å²) in [5, 5.41) is 10.9. The van der Waals surface area contributed by atoms with E-state index in [-0.39, 0.29) is 5.91 Å². The summed E-state index contributed by atoms with van der Waals surface area (Å²) in [7, 11) is 0. The SMILES string of the molecule is CC1(CSC#N)C(=O)N(c2ccccc2)c2ccccc21. The summed E-state index contributed by atoms with van der Waals surface area (Å²) in [6.07, 6.45) is 0. The van der Waals surface area contributed by atoms with Crippen molar-refractivity contribution in [2.45, 2.75) is 12.3 Å². The van der Waals surface area contributed by atoms with Gasteiger partial charge in [-0.2, -0.15) is 5.26 Å². The number of amides is 1. The molecule has 0 radical (unpaired) electrons. The minimum atomic E-state index is -0.660. The molecular weight excluding hydrogens is 280 g/mol. The summed E-state index contributed by atoms with van der Waals surface area (Å²) in [4.78, 5) is 14.8. The second kappa shape index (κ2) is 5.27. The first-order chi connectivity index (χ1) is 10.2. The Morgan fingerprint density at radius 1 is 1.14 bits per heavy atom. The maximum atomic E-state index is 13.0. The van der Waals surface area contributed by atoms with E-state index in [1.165, 1.54) is 0 Å². The zero-order valence-electron chi connectivity index (χ0n) is 11.6. The van der Waals surface area contributed by atoms with Gasteiger partial charge in [-0.25, -0.2) is 0 Å². The van der Waals surface area contributed by atoms with E-state index in [1.807, 2.05) is 61.5 Å². The summed E-state index contributed by atoms with van der Waals surface area (Å²) in [6.45, 7) is 1.92. The molecule has 3 nitrogen and oxygen atoms in total. The fourth-order valence-electron chi connectivity index (χ4n) is 2.76. The van der Waals surface area contributed by atoms with Gasteiger partial charge in [-0.1, -0.05) is 36.4 Å². The fourth-order valence-corrected chi connectivity index (χ4v) is 3.39. The van der Waals surface area contributed by atoms with Gasteiger partial charge in [0.15, 0.2) is 0 Å². The van der Waals surface area contributed by atoms with Crippen molar-refractivity contribution in [3.8, 4) is 5.40 Å². The van der Waals surface area contributed by atoms with E-state index in [0.717, 1.165) is 28.7 Å². The lowest BCUT2D eigenvalue weighted by atomic mass is 9.86. The number of nitriles is 1. The highest BCUT2D eigenvalue weighted by molar-refractivity contribution is 8.03. The van der Waals surface area contributed by atoms with Gasteiger partial charge in [0.25, 0.3) is 0 Å². The Kier molecular flexibility index (Phi) is 3.44. The number of thioether (sulfide) groups is 1. The Morgan fingerprint density at radius 3 is 2.52 bits per heavy atom. The summed E-state index contributed by atoms with van der Waals surface area (Å²) < 4.78 is 0. The van der Waals surface area contributed by atoms with E-state index in [9.17, 15) is 4.79 Å². The van der Waals surface area contributed by atoms with Crippen LogP contribution in [0.1, 0.15) is 12.5 Å². The van der Waals surface area contributed by atoms with Crippen LogP contribution in [0.4, 0.5) is 11.4 Å². The van der Waals surface area contributed by atoms with Crippen LogP contribution in [0.5, 0.6) is 0 Å². The molecule has 0 bridgehead atoms. The molecule has 0 aliphatic carbocycles. The van der Waals surface area contributed by atoms with Gasteiger partial charge >= 0.3 is 0 Å². The Hall–Kier alpha value is -2.25. The Bertz CT molecular complexity index is 723. The second-order valence-electron chi connectivity index (χ2n) is 5.21. The van der Waals surface area contributed by atoms with Crippen molar-refractivity contribution >= 4 is 29.0 Å². The van der Waals surface area contributed by atoms with Gasteiger partial charge in [0.2, 0.25) is 5.91 Å². The number of fused-ring (bicyclic) bond motifs is 1. The van der Waals surface area contributed by atoms with Gasteiger partial charge in [-0.15, -0.1) is 0 Å². The van der Waals surface area contributed by atoms with Gasteiger partial charge in [0.1, 0.15) is 5.40 Å². The molecule has 2 aromatic rings. The van der Waals surface area contributed by atoms with Crippen molar-refractivity contribution in [2.75, 3.05) is 10.7 Å². The van der Waals surface area contributed by atoms with Crippen molar-refractivity contribution < 1.29 is 4.79 Å². The van der Waals surface area contributed by atoms with Gasteiger partial charge in [0, 0.05) is 11.4 Å². The molecule has 1 heterocycles. The maximum Gasteiger partial charge on any atom is 0.242 e. The number of rotatable bonds is 3. The van der Waals surface area contributed by atoms with Crippen LogP contribution < -0.4 is 4.90 Å². The standard InChI is InChI=1S/C17H14N2OS/c1-17(11-21-12-18)14-9-5-6-10-15(14)19(16(17)20)13-7-3-2-4-8-13/h2-10H,11H2,1H3. The minimum Gasteiger partial charge on any atom is -0.280 e. The first-order valence-corrected chi connectivity index (χ1v) is 7.67. The van der Waals surface area contributed by atoms with E-state index < -0.39 is 5.41 Å². The molecule has 4 heteroatoms. The van der Waals surface area contributed by atoms with Crippen molar-refractivity contribution in [3.63, 3.8) is 0 Å². The van der Waals surface area contributed by atoms with Crippen molar-refractivity contribution in [3.05, 3.63) is 60.2 Å². The summed E-state index contributed by atoms with van der Waals surface area (Å²) in [6, 6.07) is 17.4. The van der Waals surface area contributed by atoms with Gasteiger partial charge in [0.05, 0.1) is 11.1 Å². The molecule has 104 valence electrons. The molecule has 2 aromatic carbocycles. The van der Waals surface area contributed by atoms with Crippen LogP contribution in [0.2, 0.25) is 0 Å². The second-order valence-corrected chi connectivity index (χ2v) is 5.97. The van der Waals surface area contributed by atoms with E-state index in [4.69, 9.17) is 5.26 Å². The van der Waals surface area contributed by atoms with Gasteiger partial charge in [-0.05, 0) is 42.4 Å². The molecule has 0 saturated carbocycles. The molecular formula is C17H14N2OS. The number of hydrogen-bond acceptors (Lipinski definition) is 3. The van der Waals surface area contributed by atoms with Crippen LogP contribution >= 0.6 is 11.8 Å². The van der Waals surface area contributed by atoms with Crippen LogP contribution in [-0.4, -0.2) is 11.7 Å². The molecule has 1 aliphatic heterocycles. The number of nitrogens with zero attached hydrogens (tertiary/aromatic N) is 2. The van der Waals surface area contributed by atoms with E-state index in [1.54, 1.807) is 4.90 Å². The lowest BCUT2D eigenvalue weighted by Crippen LogP contribution is -2.37. The number of para-hydroxylation sites is 2. The van der Waals surface area contributed by atoms with Crippen LogP contribution in [0.15, 0.2) is 54.6 Å². The zero-order chi connectivity index (χ0) is 14.9. The fraction of sp³-hybridized carbons (Fsp3) is 0.176. The third-order valence-corrected chi connectivity index (χ3v) is 4.71. The average molecular weight is 294 g/mol. The molecule has 0 fully saturated rings. The van der Waals surface area contributed by atoms with E-state index >= 15 is 0 Å². The van der Waals surface area contributed by atoms with Crippen LogP contribution in [0, 0.1) is 10.7 Å². The highest BCUT2D eigenvalue weighted by atomic mass is 32.2. The Morgan fingerprint density at radius 2 is 1.81 bits per heavy atom. The Labute approximate surface area is 128 Å². The van der Waals surface area contributed by atoms with E-state index in [2.05, 4.69) is 5.40 Å². The van der Waals surface area contributed by atoms with E-state index in [0.29, 0.717) is 5.75 Å². The first-order valence-electron chi connectivity index (χ1n) is 6.68. The molecule has 1 unspecified atom stereocenters. The number of anilines is 2. The minimum absolute atomic E-state index is 0.0256. The van der Waals surface area contributed by atoms with Gasteiger partial charge < -0.3 is 0 Å². The largest absolute Gasteiger partial charge is 0.280 e. The highest BCUT2D eigenvalue weighted by Gasteiger charge is 2.47. The van der Waals surface area contributed by atoms with Crippen LogP contribution in [-0.2, 0) is 10.2 Å². The quantitative estimate of drug-likeness (QED) is 0.808. The van der Waals surface area contributed by atoms with Crippen molar-refractivity contribution in [1.82, 2.24) is 0 Å². The molecule has 0 aromatic heterocycles. The Balaban J connectivity index is 2.13. The predicted molar refractivity (Wildman–Crippen MR) is 85.5 cm³/mol. The van der Waals surface area contributed by atoms with Crippen LogP contribution in [0.3, 0.4) is 0 Å². The molecule has 0 spiro atoms. The monoisotopic (exact) mass is 294 g/mol. The molecule has 1 aliphatic rings. The molecule has 21 heavy (non-hydrogen) atoms. The average Bonchev–Trinajstić information content (AvgIpc) is 2.75. The lowest BCUT2D eigenvalue weighted by molar-refractivity contribution is -0.121. The summed E-state index contributed by atoms with van der Waals surface area (Å²) in [5.74, 6) is 0.487. The van der Waals surface area contributed by atoms with Crippen LogP contribution in [0.25, 0.3) is 0 Å². The topological polar surface area (TPSA) is 44.1 Å². The molecule has 1 atom stereocenters. The number of carbonyl (C=O) groups is 1. The van der Waals surface area contributed by atoms with Gasteiger partial charge in [-0.3, -0.25) is 9.69 Å². The number of benzene rings is 2. The zero-order valence-corrected chi connectivity index (χ0v) is 12.4. The highest BCUT2D eigenvalue weighted by Crippen LogP contribution is 2.46. The molecule has 1 amide bonds. The summed E-state index contributed by atoms with van der Waals surface area (Å²) >= 11 is 1.13. The third-order valence-electron chi connectivity index (χ3n) is 3.85. The normalized spacial score (nSPS) is 20.2. The molecule has 0 saturated heterocycles. The predicted octanol–water partition coefficient (Wildman–Crippen LogP) is 3.84. The first kappa shape index (κ1) is 13.7. The summed E-state index contributed by atoms with van der Waals surface area (Å²) in [5.41, 5.74) is 2.10. The van der Waals surface area contributed by atoms with Crippen molar-refractivity contribution in [1.29, 1.82) is 5.26 Å². The maximum absolute atomic E-state index is 13.0.